The number of carbonyl (C=O) groups is 1. The summed E-state index contributed by atoms with van der Waals surface area (Å²) >= 11 is 10.5. The van der Waals surface area contributed by atoms with Gasteiger partial charge in [0.15, 0.2) is 0 Å². The zero-order valence-corrected chi connectivity index (χ0v) is 31.6. The maximum Gasteiger partial charge on any atom is 0.323 e. The first-order valence-corrected chi connectivity index (χ1v) is 18.6. The molecule has 54 heavy (non-hydrogen) atoms. The lowest BCUT2D eigenvalue weighted by atomic mass is 9.99. The van der Waals surface area contributed by atoms with Crippen molar-refractivity contribution in [1.82, 2.24) is 25.0 Å². The molecule has 1 atom stereocenters. The Labute approximate surface area is 325 Å². The molecule has 0 aliphatic carbocycles. The molecule has 2 aromatic heterocycles. The molecule has 3 aromatic carbocycles. The van der Waals surface area contributed by atoms with Crippen molar-refractivity contribution < 1.29 is 34.7 Å². The molecule has 1 fully saturated rings. The molecule has 0 amide bonds. The Morgan fingerprint density at radius 2 is 1.70 bits per heavy atom. The lowest BCUT2D eigenvalue weighted by molar-refractivity contribution is -0.140. The van der Waals surface area contributed by atoms with E-state index in [-0.39, 0.29) is 50.1 Å². The van der Waals surface area contributed by atoms with Crippen LogP contribution in [-0.2, 0) is 24.6 Å². The molecule has 1 saturated heterocycles. The average molecular weight is 820 g/mol. The van der Waals surface area contributed by atoms with Crippen LogP contribution in [0, 0.1) is 11.3 Å². The van der Waals surface area contributed by atoms with E-state index in [2.05, 4.69) is 54.0 Å². The number of halogens is 2. The van der Waals surface area contributed by atoms with Gasteiger partial charge < -0.3 is 29.9 Å². The van der Waals surface area contributed by atoms with Gasteiger partial charge in [-0.1, -0.05) is 41.9 Å². The zero-order valence-electron chi connectivity index (χ0n) is 29.2. The van der Waals surface area contributed by atoms with Gasteiger partial charge in [0.25, 0.3) is 0 Å². The molecule has 5 aromatic rings. The number of aliphatic hydroxyl groups is 3. The number of nitriles is 1. The molecule has 1 aliphatic rings. The quantitative estimate of drug-likeness (QED) is 0.0892. The summed E-state index contributed by atoms with van der Waals surface area (Å²) in [5.41, 5.74) is 5.44. The molecule has 0 spiro atoms. The van der Waals surface area contributed by atoms with Crippen LogP contribution in [-0.4, -0.2) is 91.1 Å². The van der Waals surface area contributed by atoms with Gasteiger partial charge in [0.1, 0.15) is 36.8 Å². The van der Waals surface area contributed by atoms with Crippen molar-refractivity contribution in [2.24, 2.45) is 0 Å². The number of nitrogens with one attached hydrogen (secondary N) is 1. The van der Waals surface area contributed by atoms with Crippen LogP contribution in [0.4, 0.5) is 0 Å². The second-order valence-corrected chi connectivity index (χ2v) is 14.2. The minimum Gasteiger partial charge on any atom is -0.488 e. The molecule has 6 rings (SSSR count). The number of hydrogen-bond acceptors (Lipinski definition) is 11. The Morgan fingerprint density at radius 1 is 0.963 bits per heavy atom. The van der Waals surface area contributed by atoms with Crippen LogP contribution >= 0.6 is 27.5 Å². The second kappa shape index (κ2) is 18.2. The lowest BCUT2D eigenvalue weighted by Gasteiger charge is -2.36. The molecule has 1 unspecified atom stereocenters. The van der Waals surface area contributed by atoms with Crippen LogP contribution in [0.5, 0.6) is 11.5 Å². The van der Waals surface area contributed by atoms with Gasteiger partial charge in [-0.3, -0.25) is 24.7 Å². The van der Waals surface area contributed by atoms with E-state index in [1.165, 1.54) is 6.20 Å². The standard InChI is InChI=1S/C39H40BrClN6O7/c40-38-26(3-1-5-31(38)30-4-2-6-35-32(30)18-45-47(35)28-7-9-46(10-8-28)29(19-48)20-49)23-54-37-13-36(53-22-25-11-24(14-42)15-43-16-25)27(12-33(37)41)17-44-34(21-50)39(51)52/h1-6,11-13,15-16,18,28-29,34,44,48-50H,7-10,17,19-23H2,(H,51,52). The smallest absolute Gasteiger partial charge is 0.323 e. The summed E-state index contributed by atoms with van der Waals surface area (Å²) in [6.45, 7) is 1.06. The van der Waals surface area contributed by atoms with E-state index in [0.29, 0.717) is 28.2 Å². The predicted octanol–water partition coefficient (Wildman–Crippen LogP) is 5.07. The number of aliphatic carboxylic acids is 1. The van der Waals surface area contributed by atoms with Crippen molar-refractivity contribution in [3.05, 3.63) is 105 Å². The van der Waals surface area contributed by atoms with E-state index in [1.807, 2.05) is 30.5 Å². The van der Waals surface area contributed by atoms with Gasteiger partial charge in [0.2, 0.25) is 0 Å². The highest BCUT2D eigenvalue weighted by Crippen LogP contribution is 2.39. The van der Waals surface area contributed by atoms with Gasteiger partial charge in [-0.2, -0.15) is 10.4 Å². The molecule has 0 saturated carbocycles. The van der Waals surface area contributed by atoms with Crippen LogP contribution in [0.2, 0.25) is 5.02 Å². The fourth-order valence-corrected chi connectivity index (χ4v) is 7.48. The van der Waals surface area contributed by atoms with E-state index in [0.717, 1.165) is 58.0 Å². The Kier molecular flexibility index (Phi) is 13.2. The topological polar surface area (TPSA) is 186 Å². The molecule has 5 N–H and O–H groups in total. The first-order chi connectivity index (χ1) is 26.2. The third-order valence-electron chi connectivity index (χ3n) is 9.63. The van der Waals surface area contributed by atoms with Crippen molar-refractivity contribution in [1.29, 1.82) is 5.26 Å². The molecule has 0 bridgehead atoms. The number of rotatable bonds is 16. The fourth-order valence-electron chi connectivity index (χ4n) is 6.65. The summed E-state index contributed by atoms with van der Waals surface area (Å²) in [5.74, 6) is -0.487. The zero-order chi connectivity index (χ0) is 38.2. The number of nitrogens with zero attached hydrogens (tertiary/aromatic N) is 5. The largest absolute Gasteiger partial charge is 0.488 e. The van der Waals surface area contributed by atoms with Crippen molar-refractivity contribution in [2.75, 3.05) is 32.9 Å². The number of benzene rings is 3. The molecule has 3 heterocycles. The maximum absolute atomic E-state index is 11.5. The fraction of sp³-hybridized carbons (Fsp3) is 0.333. The SMILES string of the molecule is N#Cc1cncc(COc2cc(OCc3cccc(-c4cccc5c4cnn5C4CCN(C(CO)CO)CC4)c3Br)c(Cl)cc2CNC(CO)C(=O)O)c1. The second-order valence-electron chi connectivity index (χ2n) is 13.0. The molecular weight excluding hydrogens is 780 g/mol. The maximum atomic E-state index is 11.5. The van der Waals surface area contributed by atoms with Crippen molar-refractivity contribution in [3.63, 3.8) is 0 Å². The van der Waals surface area contributed by atoms with Crippen LogP contribution < -0.4 is 14.8 Å². The number of pyridine rings is 1. The number of hydrogen-bond donors (Lipinski definition) is 5. The van der Waals surface area contributed by atoms with Crippen molar-refractivity contribution >= 4 is 44.4 Å². The number of fused-ring (bicyclic) bond motifs is 1. The predicted molar refractivity (Wildman–Crippen MR) is 205 cm³/mol. The molecule has 13 nitrogen and oxygen atoms in total. The first kappa shape index (κ1) is 39.1. The summed E-state index contributed by atoms with van der Waals surface area (Å²) in [5, 5.41) is 56.3. The van der Waals surface area contributed by atoms with Gasteiger partial charge >= 0.3 is 5.97 Å². The summed E-state index contributed by atoms with van der Waals surface area (Å²) in [6.07, 6.45) is 6.66. The van der Waals surface area contributed by atoms with Crippen molar-refractivity contribution in [2.45, 2.75) is 50.7 Å². The molecule has 1 aliphatic heterocycles. The van der Waals surface area contributed by atoms with Gasteiger partial charge in [0, 0.05) is 64.6 Å². The third kappa shape index (κ3) is 8.85. The normalized spacial score (nSPS) is 14.3. The Morgan fingerprint density at radius 3 is 2.43 bits per heavy atom. The van der Waals surface area contributed by atoms with Crippen LogP contribution in [0.1, 0.15) is 41.1 Å². The van der Waals surface area contributed by atoms with Gasteiger partial charge in [-0.05, 0) is 58.1 Å². The third-order valence-corrected chi connectivity index (χ3v) is 10.9. The van der Waals surface area contributed by atoms with E-state index in [1.54, 1.807) is 24.4 Å². The summed E-state index contributed by atoms with van der Waals surface area (Å²) < 4.78 is 15.3. The van der Waals surface area contributed by atoms with Gasteiger partial charge in [-0.25, -0.2) is 0 Å². The minimum atomic E-state index is -1.20. The number of ether oxygens (including phenoxy) is 2. The number of carboxylic acids is 1. The number of likely N-dealkylation sites (tertiary alicyclic amines) is 1. The van der Waals surface area contributed by atoms with E-state index in [4.69, 9.17) is 26.2 Å². The minimum absolute atomic E-state index is 0.0339. The number of aliphatic hydroxyl groups excluding tert-OH is 3. The number of aromatic nitrogens is 3. The average Bonchev–Trinajstić information content (AvgIpc) is 3.63. The first-order valence-electron chi connectivity index (χ1n) is 17.4. The molecule has 0 radical (unpaired) electrons. The Bertz CT molecular complexity index is 2130. The molecule has 282 valence electrons. The monoisotopic (exact) mass is 818 g/mol. The summed E-state index contributed by atoms with van der Waals surface area (Å²) in [7, 11) is 0. The van der Waals surface area contributed by atoms with Gasteiger partial charge in [-0.15, -0.1) is 0 Å². The molecular formula is C39H40BrClN6O7. The highest BCUT2D eigenvalue weighted by molar-refractivity contribution is 9.10. The summed E-state index contributed by atoms with van der Waals surface area (Å²) in [4.78, 5) is 17.7. The highest BCUT2D eigenvalue weighted by Gasteiger charge is 2.27. The molecule has 15 heteroatoms. The van der Waals surface area contributed by atoms with Gasteiger partial charge in [0.05, 0.1) is 54.2 Å². The highest BCUT2D eigenvalue weighted by atomic mass is 79.9. The van der Waals surface area contributed by atoms with E-state index < -0.39 is 18.6 Å². The van der Waals surface area contributed by atoms with E-state index >= 15 is 0 Å². The van der Waals surface area contributed by atoms with Crippen LogP contribution in [0.25, 0.3) is 22.0 Å². The lowest BCUT2D eigenvalue weighted by Crippen LogP contribution is -2.45. The van der Waals surface area contributed by atoms with E-state index in [9.17, 15) is 30.5 Å². The van der Waals surface area contributed by atoms with Crippen molar-refractivity contribution in [3.8, 4) is 28.7 Å². The summed E-state index contributed by atoms with van der Waals surface area (Å²) in [6, 6.07) is 17.9. The van der Waals surface area contributed by atoms with Crippen LogP contribution in [0.15, 0.2) is 77.7 Å². The Balaban J connectivity index is 1.22. The number of carboxylic acid groups (broad SMARTS) is 1. The number of piperidine rings is 1. The van der Waals surface area contributed by atoms with Crippen LogP contribution in [0.3, 0.4) is 0 Å². The Hall–Kier alpha value is -4.59.